The first-order valence-electron chi connectivity index (χ1n) is 4.76. The van der Waals surface area contributed by atoms with Gasteiger partial charge in [0.25, 0.3) is 0 Å². The molecule has 2 nitrogen and oxygen atoms in total. The summed E-state index contributed by atoms with van der Waals surface area (Å²) in [6.07, 6.45) is 1.52. The largest absolute Gasteiger partial charge is 0.390 e. The summed E-state index contributed by atoms with van der Waals surface area (Å²) >= 11 is 5.02. The molecule has 14 heavy (non-hydrogen) atoms. The average Bonchev–Trinajstić information content (AvgIpc) is 2.92. The Kier molecular flexibility index (Phi) is 3.27. The maximum atomic E-state index is 9.76. The minimum atomic E-state index is -0.613. The zero-order valence-electron chi connectivity index (χ0n) is 7.69. The number of thiophene rings is 1. The lowest BCUT2D eigenvalue weighted by Crippen LogP contribution is -2.29. The van der Waals surface area contributed by atoms with Gasteiger partial charge in [0, 0.05) is 15.8 Å². The van der Waals surface area contributed by atoms with Gasteiger partial charge in [0.15, 0.2) is 0 Å². The van der Waals surface area contributed by atoms with Crippen molar-refractivity contribution in [1.29, 1.82) is 0 Å². The van der Waals surface area contributed by atoms with Crippen molar-refractivity contribution in [1.82, 2.24) is 0 Å². The number of hydrogen-bond donors (Lipinski definition) is 2. The van der Waals surface area contributed by atoms with Crippen LogP contribution in [0.5, 0.6) is 0 Å². The van der Waals surface area contributed by atoms with Crippen LogP contribution in [0.4, 0.5) is 0 Å². The summed E-state index contributed by atoms with van der Waals surface area (Å²) in [4.78, 5) is 1.11. The topological polar surface area (TPSA) is 40.5 Å². The van der Waals surface area contributed by atoms with E-state index in [-0.39, 0.29) is 0 Å². The molecule has 1 aliphatic carbocycles. The molecular weight excluding hydrogens is 264 g/mol. The van der Waals surface area contributed by atoms with Crippen LogP contribution in [0.25, 0.3) is 0 Å². The molecule has 1 saturated carbocycles. The molecule has 0 aliphatic heterocycles. The van der Waals surface area contributed by atoms with E-state index in [4.69, 9.17) is 0 Å². The van der Waals surface area contributed by atoms with Crippen LogP contribution in [-0.2, 0) is 6.42 Å². The molecule has 4 heteroatoms. The third-order valence-corrected chi connectivity index (χ3v) is 4.53. The van der Waals surface area contributed by atoms with Gasteiger partial charge < -0.3 is 10.2 Å². The van der Waals surface area contributed by atoms with E-state index in [1.54, 1.807) is 11.3 Å². The van der Waals surface area contributed by atoms with Crippen molar-refractivity contribution in [2.75, 3.05) is 0 Å². The van der Waals surface area contributed by atoms with E-state index >= 15 is 0 Å². The lowest BCUT2D eigenvalue weighted by molar-refractivity contribution is 0.00709. The lowest BCUT2D eigenvalue weighted by Gasteiger charge is -2.16. The first-order valence-corrected chi connectivity index (χ1v) is 6.43. The van der Waals surface area contributed by atoms with E-state index in [1.807, 2.05) is 11.4 Å². The van der Waals surface area contributed by atoms with Crippen molar-refractivity contribution in [3.8, 4) is 0 Å². The second kappa shape index (κ2) is 4.31. The fourth-order valence-corrected chi connectivity index (χ4v) is 3.10. The van der Waals surface area contributed by atoms with Crippen LogP contribution in [0.1, 0.15) is 17.7 Å². The number of hydrogen-bond acceptors (Lipinski definition) is 3. The number of aliphatic hydroxyl groups excluding tert-OH is 2. The van der Waals surface area contributed by atoms with E-state index in [2.05, 4.69) is 15.9 Å². The van der Waals surface area contributed by atoms with Crippen LogP contribution in [0, 0.1) is 5.92 Å². The first-order chi connectivity index (χ1) is 6.68. The molecular formula is C10H13BrO2S. The SMILES string of the molecule is OC(Cc1sccc1Br)C(O)C1CC1. The van der Waals surface area contributed by atoms with Crippen molar-refractivity contribution < 1.29 is 10.2 Å². The summed E-state index contributed by atoms with van der Waals surface area (Å²) in [6, 6.07) is 1.97. The Hall–Kier alpha value is 0.1000. The van der Waals surface area contributed by atoms with E-state index in [0.29, 0.717) is 12.3 Å². The molecule has 2 rings (SSSR count). The second-order valence-electron chi connectivity index (χ2n) is 3.79. The minimum absolute atomic E-state index is 0.337. The fourth-order valence-electron chi connectivity index (χ4n) is 1.53. The smallest absolute Gasteiger partial charge is 0.0850 e. The fraction of sp³-hybridized carbons (Fsp3) is 0.600. The maximum absolute atomic E-state index is 9.76. The van der Waals surface area contributed by atoms with Crippen LogP contribution in [0.3, 0.4) is 0 Å². The summed E-state index contributed by atoms with van der Waals surface area (Å²) in [5.74, 6) is 0.337. The molecule has 0 aromatic carbocycles. The lowest BCUT2D eigenvalue weighted by atomic mass is 10.1. The monoisotopic (exact) mass is 276 g/mol. The van der Waals surface area contributed by atoms with E-state index in [1.165, 1.54) is 0 Å². The highest BCUT2D eigenvalue weighted by Gasteiger charge is 2.34. The second-order valence-corrected chi connectivity index (χ2v) is 5.65. The minimum Gasteiger partial charge on any atom is -0.390 e. The predicted molar refractivity (Wildman–Crippen MR) is 60.5 cm³/mol. The van der Waals surface area contributed by atoms with Gasteiger partial charge in [-0.05, 0) is 46.1 Å². The summed E-state index contributed by atoms with van der Waals surface area (Å²) in [5.41, 5.74) is 0. The number of halogens is 1. The Bertz CT molecular complexity index is 309. The molecule has 1 heterocycles. The molecule has 2 unspecified atom stereocenters. The molecule has 1 aromatic rings. The Morgan fingerprint density at radius 1 is 1.50 bits per heavy atom. The molecule has 0 spiro atoms. The highest BCUT2D eigenvalue weighted by molar-refractivity contribution is 9.10. The zero-order valence-corrected chi connectivity index (χ0v) is 10.1. The molecule has 78 valence electrons. The van der Waals surface area contributed by atoms with Crippen molar-refractivity contribution >= 4 is 27.3 Å². The Morgan fingerprint density at radius 2 is 2.21 bits per heavy atom. The van der Waals surface area contributed by atoms with Crippen molar-refractivity contribution in [2.24, 2.45) is 5.92 Å². The van der Waals surface area contributed by atoms with E-state index in [0.717, 1.165) is 22.2 Å². The molecule has 0 radical (unpaired) electrons. The standard InChI is InChI=1S/C10H13BrO2S/c11-7-3-4-14-9(7)5-8(12)10(13)6-1-2-6/h3-4,6,8,10,12-13H,1-2,5H2. The van der Waals surface area contributed by atoms with Crippen molar-refractivity contribution in [2.45, 2.75) is 31.5 Å². The summed E-state index contributed by atoms with van der Waals surface area (Å²) in [6.45, 7) is 0. The summed E-state index contributed by atoms with van der Waals surface area (Å²) in [5, 5.41) is 21.4. The predicted octanol–water partition coefficient (Wildman–Crippen LogP) is 2.18. The van der Waals surface area contributed by atoms with Crippen molar-refractivity contribution in [3.05, 3.63) is 20.8 Å². The summed E-state index contributed by atoms with van der Waals surface area (Å²) < 4.78 is 1.03. The third-order valence-electron chi connectivity index (χ3n) is 2.58. The van der Waals surface area contributed by atoms with Crippen LogP contribution >= 0.6 is 27.3 Å². The normalized spacial score (nSPS) is 20.8. The number of rotatable bonds is 4. The average molecular weight is 277 g/mol. The third kappa shape index (κ3) is 2.37. The van der Waals surface area contributed by atoms with Crippen LogP contribution in [0.15, 0.2) is 15.9 Å². The highest BCUT2D eigenvalue weighted by Crippen LogP contribution is 2.35. The van der Waals surface area contributed by atoms with Gasteiger partial charge >= 0.3 is 0 Å². The summed E-state index contributed by atoms with van der Waals surface area (Å²) in [7, 11) is 0. The van der Waals surface area contributed by atoms with Gasteiger partial charge in [-0.3, -0.25) is 0 Å². The number of aliphatic hydroxyl groups is 2. The van der Waals surface area contributed by atoms with Gasteiger partial charge in [-0.2, -0.15) is 0 Å². The Labute approximate surface area is 95.7 Å². The van der Waals surface area contributed by atoms with Crippen molar-refractivity contribution in [3.63, 3.8) is 0 Å². The van der Waals surface area contributed by atoms with Gasteiger partial charge in [0.1, 0.15) is 0 Å². The molecule has 1 fully saturated rings. The molecule has 1 aliphatic rings. The zero-order chi connectivity index (χ0) is 10.1. The molecule has 2 N–H and O–H groups in total. The van der Waals surface area contributed by atoms with Crippen LogP contribution in [-0.4, -0.2) is 22.4 Å². The Morgan fingerprint density at radius 3 is 2.71 bits per heavy atom. The first kappa shape index (κ1) is 10.6. The maximum Gasteiger partial charge on any atom is 0.0850 e. The quantitative estimate of drug-likeness (QED) is 0.885. The van der Waals surface area contributed by atoms with Crippen LogP contribution in [0.2, 0.25) is 0 Å². The van der Waals surface area contributed by atoms with Gasteiger partial charge in [-0.1, -0.05) is 0 Å². The molecule has 0 bridgehead atoms. The van der Waals surface area contributed by atoms with Gasteiger partial charge in [0.05, 0.1) is 12.2 Å². The molecule has 0 saturated heterocycles. The van der Waals surface area contributed by atoms with Gasteiger partial charge in [-0.25, -0.2) is 0 Å². The van der Waals surface area contributed by atoms with Crippen LogP contribution < -0.4 is 0 Å². The van der Waals surface area contributed by atoms with Gasteiger partial charge in [-0.15, -0.1) is 11.3 Å². The molecule has 1 aromatic heterocycles. The molecule has 2 atom stereocenters. The van der Waals surface area contributed by atoms with Gasteiger partial charge in [0.2, 0.25) is 0 Å². The molecule has 0 amide bonds. The Balaban J connectivity index is 1.93. The van der Waals surface area contributed by atoms with E-state index in [9.17, 15) is 10.2 Å². The van der Waals surface area contributed by atoms with E-state index < -0.39 is 12.2 Å². The highest BCUT2D eigenvalue weighted by atomic mass is 79.9.